The molecule has 0 saturated heterocycles. The van der Waals surface area contributed by atoms with Gasteiger partial charge in [0.15, 0.2) is 0 Å². The Morgan fingerprint density at radius 1 is 1.50 bits per heavy atom. The number of aliphatic hydroxyl groups excluding tert-OH is 1. The predicted octanol–water partition coefficient (Wildman–Crippen LogP) is 1.20. The van der Waals surface area contributed by atoms with Crippen molar-refractivity contribution < 1.29 is 9.90 Å². The predicted molar refractivity (Wildman–Crippen MR) is 70.0 cm³/mol. The topological polar surface area (TPSA) is 62.2 Å². The average Bonchev–Trinajstić information content (AvgIpc) is 2.36. The maximum absolute atomic E-state index is 11.7. The van der Waals surface area contributed by atoms with Crippen molar-refractivity contribution in [1.82, 2.24) is 10.3 Å². The SMILES string of the molecule is CC(C)CCNC(=O)c1ccc(C#CCO)cn1. The third-order valence-electron chi connectivity index (χ3n) is 2.32. The summed E-state index contributed by atoms with van der Waals surface area (Å²) in [6.45, 7) is 4.69. The van der Waals surface area contributed by atoms with E-state index < -0.39 is 0 Å². The van der Waals surface area contributed by atoms with E-state index in [2.05, 4.69) is 36.0 Å². The molecule has 0 fully saturated rings. The van der Waals surface area contributed by atoms with Crippen molar-refractivity contribution in [3.63, 3.8) is 0 Å². The van der Waals surface area contributed by atoms with Gasteiger partial charge in [-0.25, -0.2) is 4.98 Å². The Balaban J connectivity index is 2.54. The van der Waals surface area contributed by atoms with Crippen LogP contribution in [-0.4, -0.2) is 29.1 Å². The van der Waals surface area contributed by atoms with Gasteiger partial charge >= 0.3 is 0 Å². The molecule has 1 amide bonds. The summed E-state index contributed by atoms with van der Waals surface area (Å²) >= 11 is 0. The summed E-state index contributed by atoms with van der Waals surface area (Å²) in [6.07, 6.45) is 2.48. The van der Waals surface area contributed by atoms with Gasteiger partial charge in [0.1, 0.15) is 12.3 Å². The quantitative estimate of drug-likeness (QED) is 0.785. The molecule has 0 bridgehead atoms. The monoisotopic (exact) mass is 246 g/mol. The van der Waals surface area contributed by atoms with Crippen molar-refractivity contribution >= 4 is 5.91 Å². The summed E-state index contributed by atoms with van der Waals surface area (Å²) in [6, 6.07) is 3.35. The molecular formula is C14H18N2O2. The maximum Gasteiger partial charge on any atom is 0.269 e. The molecule has 0 aliphatic rings. The number of hydrogen-bond donors (Lipinski definition) is 2. The smallest absolute Gasteiger partial charge is 0.269 e. The van der Waals surface area contributed by atoms with Crippen LogP contribution in [0.25, 0.3) is 0 Å². The van der Waals surface area contributed by atoms with Crippen LogP contribution in [-0.2, 0) is 0 Å². The molecule has 2 N–H and O–H groups in total. The molecule has 1 heterocycles. The first-order chi connectivity index (χ1) is 8.63. The Morgan fingerprint density at radius 2 is 2.28 bits per heavy atom. The molecule has 96 valence electrons. The number of nitrogens with zero attached hydrogens (tertiary/aromatic N) is 1. The molecule has 1 rings (SSSR count). The lowest BCUT2D eigenvalue weighted by Gasteiger charge is -2.06. The number of aliphatic hydroxyl groups is 1. The number of pyridine rings is 1. The molecule has 1 aromatic rings. The van der Waals surface area contributed by atoms with E-state index in [0.29, 0.717) is 23.7 Å². The van der Waals surface area contributed by atoms with E-state index in [9.17, 15) is 4.79 Å². The van der Waals surface area contributed by atoms with Crippen molar-refractivity contribution in [1.29, 1.82) is 0 Å². The van der Waals surface area contributed by atoms with E-state index in [0.717, 1.165) is 6.42 Å². The molecule has 0 aliphatic heterocycles. The van der Waals surface area contributed by atoms with Crippen LogP contribution in [0.2, 0.25) is 0 Å². The van der Waals surface area contributed by atoms with E-state index in [4.69, 9.17) is 5.11 Å². The van der Waals surface area contributed by atoms with Crippen LogP contribution in [0.15, 0.2) is 18.3 Å². The van der Waals surface area contributed by atoms with Gasteiger partial charge in [0.05, 0.1) is 0 Å². The second kappa shape index (κ2) is 7.46. The molecule has 0 saturated carbocycles. The Hall–Kier alpha value is -1.86. The van der Waals surface area contributed by atoms with Gasteiger partial charge in [-0.15, -0.1) is 0 Å². The Bertz CT molecular complexity index is 441. The van der Waals surface area contributed by atoms with Crippen molar-refractivity contribution in [2.75, 3.05) is 13.2 Å². The Labute approximate surface area is 107 Å². The minimum Gasteiger partial charge on any atom is -0.384 e. The number of aromatic nitrogens is 1. The molecule has 0 unspecified atom stereocenters. The third kappa shape index (κ3) is 4.98. The Morgan fingerprint density at radius 3 is 2.83 bits per heavy atom. The number of amides is 1. The number of hydrogen-bond acceptors (Lipinski definition) is 3. The summed E-state index contributed by atoms with van der Waals surface area (Å²) in [7, 11) is 0. The van der Waals surface area contributed by atoms with Gasteiger partial charge in [0.25, 0.3) is 5.91 Å². The van der Waals surface area contributed by atoms with Crippen molar-refractivity contribution in [2.24, 2.45) is 5.92 Å². The number of carbonyl (C=O) groups is 1. The molecule has 4 nitrogen and oxygen atoms in total. The molecular weight excluding hydrogens is 228 g/mol. The number of nitrogens with one attached hydrogen (secondary N) is 1. The summed E-state index contributed by atoms with van der Waals surface area (Å²) in [5.41, 5.74) is 1.07. The fourth-order valence-electron chi connectivity index (χ4n) is 1.31. The van der Waals surface area contributed by atoms with E-state index in [1.165, 1.54) is 6.20 Å². The molecule has 1 aromatic heterocycles. The highest BCUT2D eigenvalue weighted by Gasteiger charge is 2.06. The molecule has 0 atom stereocenters. The maximum atomic E-state index is 11.7. The largest absolute Gasteiger partial charge is 0.384 e. The fraction of sp³-hybridized carbons (Fsp3) is 0.429. The van der Waals surface area contributed by atoms with Crippen LogP contribution < -0.4 is 5.32 Å². The number of rotatable bonds is 4. The van der Waals surface area contributed by atoms with E-state index >= 15 is 0 Å². The van der Waals surface area contributed by atoms with Crippen LogP contribution in [0.5, 0.6) is 0 Å². The first kappa shape index (κ1) is 14.2. The van der Waals surface area contributed by atoms with Gasteiger partial charge < -0.3 is 10.4 Å². The lowest BCUT2D eigenvalue weighted by atomic mass is 10.1. The molecule has 4 heteroatoms. The number of carbonyl (C=O) groups excluding carboxylic acids is 1. The van der Waals surface area contributed by atoms with Crippen molar-refractivity contribution in [3.8, 4) is 11.8 Å². The van der Waals surface area contributed by atoms with Crippen LogP contribution in [0.1, 0.15) is 36.3 Å². The second-order valence-electron chi connectivity index (χ2n) is 4.33. The molecule has 0 aliphatic carbocycles. The summed E-state index contributed by atoms with van der Waals surface area (Å²) in [5, 5.41) is 11.4. The molecule has 18 heavy (non-hydrogen) atoms. The fourth-order valence-corrected chi connectivity index (χ4v) is 1.31. The highest BCUT2D eigenvalue weighted by atomic mass is 16.2. The molecule has 0 aromatic carbocycles. The van der Waals surface area contributed by atoms with Crippen LogP contribution >= 0.6 is 0 Å². The van der Waals surface area contributed by atoms with Gasteiger partial charge in [0, 0.05) is 18.3 Å². The third-order valence-corrected chi connectivity index (χ3v) is 2.32. The van der Waals surface area contributed by atoms with Crippen LogP contribution in [0.4, 0.5) is 0 Å². The lowest BCUT2D eigenvalue weighted by Crippen LogP contribution is -2.26. The van der Waals surface area contributed by atoms with Gasteiger partial charge in [-0.1, -0.05) is 25.7 Å². The zero-order valence-electron chi connectivity index (χ0n) is 10.7. The van der Waals surface area contributed by atoms with Gasteiger partial charge in [0.2, 0.25) is 0 Å². The normalized spacial score (nSPS) is 9.78. The Kier molecular flexibility index (Phi) is 5.89. The minimum absolute atomic E-state index is 0.169. The van der Waals surface area contributed by atoms with Gasteiger partial charge in [-0.3, -0.25) is 4.79 Å². The minimum atomic E-state index is -0.183. The second-order valence-corrected chi connectivity index (χ2v) is 4.33. The van der Waals surface area contributed by atoms with Crippen molar-refractivity contribution in [3.05, 3.63) is 29.6 Å². The molecule has 0 spiro atoms. The standard InChI is InChI=1S/C14H18N2O2/c1-11(2)7-8-15-14(18)13-6-5-12(10-16-13)4-3-9-17/h5-6,10-11,17H,7-9H2,1-2H3,(H,15,18). The first-order valence-electron chi connectivity index (χ1n) is 5.97. The highest BCUT2D eigenvalue weighted by Crippen LogP contribution is 2.00. The van der Waals surface area contributed by atoms with E-state index in [1.807, 2.05) is 0 Å². The summed E-state index contributed by atoms with van der Waals surface area (Å²) in [5.74, 6) is 5.64. The van der Waals surface area contributed by atoms with Crippen molar-refractivity contribution in [2.45, 2.75) is 20.3 Å². The van der Waals surface area contributed by atoms with Crippen LogP contribution in [0.3, 0.4) is 0 Å². The van der Waals surface area contributed by atoms with E-state index in [1.54, 1.807) is 12.1 Å². The highest BCUT2D eigenvalue weighted by molar-refractivity contribution is 5.92. The zero-order chi connectivity index (χ0) is 13.4. The average molecular weight is 246 g/mol. The zero-order valence-corrected chi connectivity index (χ0v) is 10.7. The summed E-state index contributed by atoms with van der Waals surface area (Å²) in [4.78, 5) is 15.7. The van der Waals surface area contributed by atoms with Crippen LogP contribution in [0, 0.1) is 17.8 Å². The van der Waals surface area contributed by atoms with Gasteiger partial charge in [-0.05, 0) is 24.5 Å². The summed E-state index contributed by atoms with van der Waals surface area (Å²) < 4.78 is 0. The lowest BCUT2D eigenvalue weighted by molar-refractivity contribution is 0.0947. The molecule has 0 radical (unpaired) electrons. The first-order valence-corrected chi connectivity index (χ1v) is 5.97. The van der Waals surface area contributed by atoms with Gasteiger partial charge in [-0.2, -0.15) is 0 Å². The van der Waals surface area contributed by atoms with E-state index in [-0.39, 0.29) is 12.5 Å².